The molecule has 3 aromatic rings. The normalized spacial score (nSPS) is 12.2. The molecule has 1 heterocycles. The number of amides is 2. The Morgan fingerprint density at radius 3 is 2.10 bits per heavy atom. The first-order valence-corrected chi connectivity index (χ1v) is 13.3. The molecule has 0 aliphatic heterocycles. The third-order valence-corrected chi connectivity index (χ3v) is 6.54. The first-order valence-electron chi connectivity index (χ1n) is 13.3. The number of aromatic hydroxyl groups is 1. The number of phenolic OH excluding ortho intramolecular Hbond substituents is 1. The Labute approximate surface area is 238 Å². The van der Waals surface area contributed by atoms with E-state index in [9.17, 15) is 24.6 Å². The van der Waals surface area contributed by atoms with Crippen LogP contribution in [0.1, 0.15) is 41.5 Å². The van der Waals surface area contributed by atoms with Crippen LogP contribution in [0.25, 0.3) is 0 Å². The number of carboxylic acids is 1. The second-order valence-electron chi connectivity index (χ2n) is 9.64. The first-order chi connectivity index (χ1) is 19.7. The van der Waals surface area contributed by atoms with E-state index in [2.05, 4.69) is 20.9 Å². The average molecular weight is 561 g/mol. The van der Waals surface area contributed by atoms with Crippen LogP contribution in [-0.4, -0.2) is 57.4 Å². The summed E-state index contributed by atoms with van der Waals surface area (Å²) in [5.74, 6) is -1.85. The Balaban J connectivity index is 1.65. The molecule has 0 bridgehead atoms. The van der Waals surface area contributed by atoms with Gasteiger partial charge in [0.25, 0.3) is 0 Å². The van der Waals surface area contributed by atoms with E-state index in [-0.39, 0.29) is 31.0 Å². The molecule has 0 radical (unpaired) electrons. The number of nitrogen functional groups attached to an aromatic ring is 1. The number of carbonyl (C=O) groups excluding carboxylic acids is 2. The third kappa shape index (κ3) is 10.7. The SMILES string of the molecule is N=C(N)c1ccc(CNC(=O)[C@H](CCC(=O)O)NC(=O)[C@@H](CCc2ccncc2)NCCc2ccc(O)cc2)cc1. The van der Waals surface area contributed by atoms with Crippen LogP contribution in [-0.2, 0) is 33.8 Å². The van der Waals surface area contributed by atoms with Gasteiger partial charge in [-0.1, -0.05) is 36.4 Å². The van der Waals surface area contributed by atoms with E-state index in [1.54, 1.807) is 48.8 Å². The fourth-order valence-electron chi connectivity index (χ4n) is 4.16. The fraction of sp³-hybridized carbons (Fsp3) is 0.300. The zero-order chi connectivity index (χ0) is 29.6. The molecule has 0 aliphatic carbocycles. The molecule has 8 N–H and O–H groups in total. The number of nitrogens with one attached hydrogen (secondary N) is 4. The van der Waals surface area contributed by atoms with Crippen molar-refractivity contribution < 1.29 is 24.6 Å². The highest BCUT2D eigenvalue weighted by molar-refractivity contribution is 5.95. The maximum Gasteiger partial charge on any atom is 0.303 e. The molecule has 11 heteroatoms. The topological polar surface area (TPSA) is 191 Å². The van der Waals surface area contributed by atoms with E-state index in [1.165, 1.54) is 0 Å². The summed E-state index contributed by atoms with van der Waals surface area (Å²) in [5, 5.41) is 35.0. The number of aliphatic carboxylic acids is 1. The number of phenols is 1. The molecule has 216 valence electrons. The van der Waals surface area contributed by atoms with Gasteiger partial charge in [0.2, 0.25) is 11.8 Å². The number of pyridine rings is 1. The zero-order valence-electron chi connectivity index (χ0n) is 22.7. The van der Waals surface area contributed by atoms with Crippen molar-refractivity contribution in [3.63, 3.8) is 0 Å². The lowest BCUT2D eigenvalue weighted by Gasteiger charge is -2.23. The molecular weight excluding hydrogens is 524 g/mol. The van der Waals surface area contributed by atoms with E-state index in [0.717, 1.165) is 16.7 Å². The number of benzene rings is 2. The van der Waals surface area contributed by atoms with E-state index in [1.807, 2.05) is 24.3 Å². The minimum atomic E-state index is -1.07. The minimum absolute atomic E-state index is 0.0628. The molecular formula is C30H36N6O5. The number of nitrogens with zero attached hydrogens (tertiary/aromatic N) is 1. The Morgan fingerprint density at radius 1 is 0.829 bits per heavy atom. The number of nitrogens with two attached hydrogens (primary N) is 1. The highest BCUT2D eigenvalue weighted by atomic mass is 16.4. The van der Waals surface area contributed by atoms with Gasteiger partial charge in [0.1, 0.15) is 17.6 Å². The quantitative estimate of drug-likeness (QED) is 0.102. The second-order valence-corrected chi connectivity index (χ2v) is 9.64. The Bertz CT molecular complexity index is 1300. The number of aryl methyl sites for hydroxylation is 1. The molecule has 3 rings (SSSR count). The van der Waals surface area contributed by atoms with Gasteiger partial charge in [-0.2, -0.15) is 0 Å². The molecule has 2 amide bonds. The summed E-state index contributed by atoms with van der Waals surface area (Å²) >= 11 is 0. The van der Waals surface area contributed by atoms with Gasteiger partial charge in [-0.3, -0.25) is 24.8 Å². The number of aromatic nitrogens is 1. The Kier molecular flexibility index (Phi) is 11.8. The lowest BCUT2D eigenvalue weighted by atomic mass is 10.0. The van der Waals surface area contributed by atoms with Crippen molar-refractivity contribution >= 4 is 23.6 Å². The van der Waals surface area contributed by atoms with Gasteiger partial charge in [-0.05, 0) is 73.2 Å². The second kappa shape index (κ2) is 15.7. The zero-order valence-corrected chi connectivity index (χ0v) is 22.7. The van der Waals surface area contributed by atoms with Crippen molar-refractivity contribution in [2.45, 2.75) is 50.7 Å². The summed E-state index contributed by atoms with van der Waals surface area (Å²) in [6.45, 7) is 0.633. The molecule has 0 saturated carbocycles. The molecule has 2 atom stereocenters. The average Bonchev–Trinajstić information content (AvgIpc) is 2.97. The van der Waals surface area contributed by atoms with Gasteiger partial charge < -0.3 is 31.9 Å². The smallest absolute Gasteiger partial charge is 0.303 e. The summed E-state index contributed by atoms with van der Waals surface area (Å²) < 4.78 is 0. The lowest BCUT2D eigenvalue weighted by molar-refractivity contribution is -0.138. The van der Waals surface area contributed by atoms with Gasteiger partial charge in [-0.15, -0.1) is 0 Å². The monoisotopic (exact) mass is 560 g/mol. The van der Waals surface area contributed by atoms with Crippen LogP contribution >= 0.6 is 0 Å². The standard InChI is InChI=1S/C30H36N6O5/c31-28(32)23-6-1-22(2-7-23)19-35-29(40)26(11-12-27(38)39)36-30(41)25(10-5-21-13-16-33-17-14-21)34-18-15-20-3-8-24(37)9-4-20/h1-4,6-9,13-14,16-17,25-26,34,37H,5,10-12,15,18-19H2,(H3,31,32)(H,35,40)(H,36,41)(H,38,39)/t25-,26+/m1/s1. The molecule has 0 saturated heterocycles. The summed E-state index contributed by atoms with van der Waals surface area (Å²) in [6.07, 6.45) is 4.66. The predicted molar refractivity (Wildman–Crippen MR) is 154 cm³/mol. The summed E-state index contributed by atoms with van der Waals surface area (Å²) in [7, 11) is 0. The number of hydrogen-bond acceptors (Lipinski definition) is 7. The van der Waals surface area contributed by atoms with Crippen LogP contribution in [0, 0.1) is 5.41 Å². The number of carbonyl (C=O) groups is 3. The minimum Gasteiger partial charge on any atom is -0.508 e. The summed E-state index contributed by atoms with van der Waals surface area (Å²) in [6, 6.07) is 15.7. The summed E-state index contributed by atoms with van der Waals surface area (Å²) in [4.78, 5) is 41.7. The Hall–Kier alpha value is -4.77. The molecule has 0 aliphatic rings. The van der Waals surface area contributed by atoms with E-state index in [4.69, 9.17) is 11.1 Å². The van der Waals surface area contributed by atoms with Gasteiger partial charge in [-0.25, -0.2) is 0 Å². The van der Waals surface area contributed by atoms with Crippen LogP contribution in [0.2, 0.25) is 0 Å². The highest BCUT2D eigenvalue weighted by Gasteiger charge is 2.26. The summed E-state index contributed by atoms with van der Waals surface area (Å²) in [5.41, 5.74) is 8.80. The van der Waals surface area contributed by atoms with Crippen molar-refractivity contribution in [3.8, 4) is 5.75 Å². The van der Waals surface area contributed by atoms with Crippen molar-refractivity contribution in [1.82, 2.24) is 20.9 Å². The van der Waals surface area contributed by atoms with Crippen molar-refractivity contribution in [1.29, 1.82) is 5.41 Å². The molecule has 41 heavy (non-hydrogen) atoms. The van der Waals surface area contributed by atoms with Gasteiger partial charge in [0.05, 0.1) is 6.04 Å². The van der Waals surface area contributed by atoms with Crippen LogP contribution in [0.15, 0.2) is 73.1 Å². The van der Waals surface area contributed by atoms with Gasteiger partial charge in [0, 0.05) is 30.9 Å². The van der Waals surface area contributed by atoms with Crippen molar-refractivity contribution in [2.24, 2.45) is 5.73 Å². The molecule has 0 unspecified atom stereocenters. The fourth-order valence-corrected chi connectivity index (χ4v) is 4.16. The van der Waals surface area contributed by atoms with E-state index in [0.29, 0.717) is 31.4 Å². The van der Waals surface area contributed by atoms with Crippen LogP contribution < -0.4 is 21.7 Å². The number of hydrogen-bond donors (Lipinski definition) is 7. The largest absolute Gasteiger partial charge is 0.508 e. The van der Waals surface area contributed by atoms with Gasteiger partial charge in [0.15, 0.2) is 0 Å². The molecule has 0 fully saturated rings. The predicted octanol–water partition coefficient (Wildman–Crippen LogP) is 1.87. The third-order valence-electron chi connectivity index (χ3n) is 6.54. The van der Waals surface area contributed by atoms with E-state index >= 15 is 0 Å². The lowest BCUT2D eigenvalue weighted by Crippen LogP contribution is -2.53. The molecule has 1 aromatic heterocycles. The van der Waals surface area contributed by atoms with E-state index < -0.39 is 29.9 Å². The van der Waals surface area contributed by atoms with Gasteiger partial charge >= 0.3 is 5.97 Å². The first kappa shape index (κ1) is 30.8. The van der Waals surface area contributed by atoms with Crippen molar-refractivity contribution in [3.05, 3.63) is 95.3 Å². The maximum absolute atomic E-state index is 13.4. The van der Waals surface area contributed by atoms with Crippen LogP contribution in [0.4, 0.5) is 0 Å². The van der Waals surface area contributed by atoms with Crippen LogP contribution in [0.3, 0.4) is 0 Å². The van der Waals surface area contributed by atoms with Crippen LogP contribution in [0.5, 0.6) is 5.75 Å². The number of carboxylic acid groups (broad SMARTS) is 1. The molecule has 2 aromatic carbocycles. The molecule has 0 spiro atoms. The molecule has 11 nitrogen and oxygen atoms in total. The maximum atomic E-state index is 13.4. The highest BCUT2D eigenvalue weighted by Crippen LogP contribution is 2.11. The number of amidine groups is 1. The Morgan fingerprint density at radius 2 is 1.46 bits per heavy atom. The number of rotatable bonds is 16. The van der Waals surface area contributed by atoms with Crippen molar-refractivity contribution in [2.75, 3.05) is 6.54 Å².